The average molecular weight is 507 g/mol. The molecule has 0 aliphatic heterocycles. The summed E-state index contributed by atoms with van der Waals surface area (Å²) < 4.78 is 1.84. The SMILES string of the molecule is OCC(Cc1ccccc1)N=Cc1cc(I)cc(I)c1O. The number of aliphatic hydroxyl groups excluding tert-OH is 1. The molecule has 0 aliphatic rings. The number of rotatable bonds is 5. The van der Waals surface area contributed by atoms with Crippen molar-refractivity contribution in [2.45, 2.75) is 12.5 Å². The standard InChI is InChI=1S/C16H15I2NO2/c17-13-7-12(16(21)15(18)8-13)9-19-14(10-20)6-11-4-2-1-3-5-11/h1-5,7-9,14,20-21H,6,10H2. The smallest absolute Gasteiger partial charge is 0.137 e. The quantitative estimate of drug-likeness (QED) is 0.480. The van der Waals surface area contributed by atoms with Crippen LogP contribution >= 0.6 is 45.2 Å². The third kappa shape index (κ3) is 4.93. The Morgan fingerprint density at radius 1 is 1.14 bits per heavy atom. The summed E-state index contributed by atoms with van der Waals surface area (Å²) in [6.07, 6.45) is 2.32. The minimum atomic E-state index is -0.206. The van der Waals surface area contributed by atoms with E-state index < -0.39 is 0 Å². The molecule has 110 valence electrons. The summed E-state index contributed by atoms with van der Waals surface area (Å²) in [6.45, 7) is -0.0207. The van der Waals surface area contributed by atoms with Crippen LogP contribution in [0.5, 0.6) is 5.75 Å². The molecule has 0 saturated heterocycles. The second kappa shape index (κ2) is 8.09. The van der Waals surface area contributed by atoms with Gasteiger partial charge in [0, 0.05) is 15.3 Å². The highest BCUT2D eigenvalue weighted by Crippen LogP contribution is 2.25. The largest absolute Gasteiger partial charge is 0.506 e. The lowest BCUT2D eigenvalue weighted by Crippen LogP contribution is -2.14. The van der Waals surface area contributed by atoms with Crippen LogP contribution in [0, 0.1) is 7.14 Å². The molecule has 0 aliphatic carbocycles. The van der Waals surface area contributed by atoms with Crippen LogP contribution in [0.2, 0.25) is 0 Å². The predicted octanol–water partition coefficient (Wildman–Crippen LogP) is 3.62. The number of hydrogen-bond acceptors (Lipinski definition) is 3. The molecule has 5 heteroatoms. The molecule has 0 spiro atoms. The molecule has 1 unspecified atom stereocenters. The Hall–Kier alpha value is -0.670. The van der Waals surface area contributed by atoms with Crippen molar-refractivity contribution in [3.63, 3.8) is 0 Å². The van der Waals surface area contributed by atoms with E-state index in [-0.39, 0.29) is 18.4 Å². The van der Waals surface area contributed by atoms with Crippen LogP contribution in [-0.2, 0) is 6.42 Å². The van der Waals surface area contributed by atoms with E-state index in [9.17, 15) is 10.2 Å². The molecular formula is C16H15I2NO2. The van der Waals surface area contributed by atoms with E-state index in [0.29, 0.717) is 12.0 Å². The number of phenolic OH excluding ortho intramolecular Hbond substituents is 1. The van der Waals surface area contributed by atoms with Crippen molar-refractivity contribution < 1.29 is 10.2 Å². The topological polar surface area (TPSA) is 52.8 Å². The summed E-state index contributed by atoms with van der Waals surface area (Å²) in [4.78, 5) is 4.41. The summed E-state index contributed by atoms with van der Waals surface area (Å²) in [7, 11) is 0. The number of halogens is 2. The molecule has 1 atom stereocenters. The zero-order chi connectivity index (χ0) is 15.2. The van der Waals surface area contributed by atoms with Crippen molar-refractivity contribution in [1.82, 2.24) is 0 Å². The number of nitrogens with zero attached hydrogens (tertiary/aromatic N) is 1. The zero-order valence-corrected chi connectivity index (χ0v) is 15.5. The maximum atomic E-state index is 10.0. The molecule has 3 nitrogen and oxygen atoms in total. The second-order valence-electron chi connectivity index (χ2n) is 4.63. The predicted molar refractivity (Wildman–Crippen MR) is 102 cm³/mol. The lowest BCUT2D eigenvalue weighted by atomic mass is 10.1. The number of hydrogen-bond donors (Lipinski definition) is 2. The molecule has 0 fully saturated rings. The van der Waals surface area contributed by atoms with Crippen LogP contribution in [0.25, 0.3) is 0 Å². The fraction of sp³-hybridized carbons (Fsp3) is 0.188. The van der Waals surface area contributed by atoms with Gasteiger partial charge in [-0.1, -0.05) is 30.3 Å². The summed E-state index contributed by atoms with van der Waals surface area (Å²) >= 11 is 4.30. The van der Waals surface area contributed by atoms with Crippen molar-refractivity contribution in [2.24, 2.45) is 4.99 Å². The van der Waals surface area contributed by atoms with Gasteiger partial charge in [-0.2, -0.15) is 0 Å². The lowest BCUT2D eigenvalue weighted by molar-refractivity contribution is 0.266. The molecule has 2 rings (SSSR count). The highest BCUT2D eigenvalue weighted by molar-refractivity contribution is 14.1. The van der Waals surface area contributed by atoms with Crippen molar-refractivity contribution in [2.75, 3.05) is 6.61 Å². The summed E-state index contributed by atoms with van der Waals surface area (Å²) in [6, 6.07) is 13.5. The molecule has 21 heavy (non-hydrogen) atoms. The molecule has 0 aromatic heterocycles. The third-order valence-electron chi connectivity index (χ3n) is 3.01. The number of phenols is 1. The molecule has 2 aromatic carbocycles. The van der Waals surface area contributed by atoms with Gasteiger partial charge in [-0.05, 0) is 69.3 Å². The lowest BCUT2D eigenvalue weighted by Gasteiger charge is -2.10. The minimum Gasteiger partial charge on any atom is -0.506 e. The first-order valence-corrected chi connectivity index (χ1v) is 8.62. The maximum absolute atomic E-state index is 10.0. The molecule has 0 heterocycles. The van der Waals surface area contributed by atoms with E-state index >= 15 is 0 Å². The van der Waals surface area contributed by atoms with Gasteiger partial charge in [-0.25, -0.2) is 0 Å². The minimum absolute atomic E-state index is 0.0207. The Labute approximate surface area is 151 Å². The highest BCUT2D eigenvalue weighted by Gasteiger charge is 2.08. The summed E-state index contributed by atoms with van der Waals surface area (Å²) in [5.41, 5.74) is 1.81. The fourth-order valence-corrected chi connectivity index (χ4v) is 3.81. The summed E-state index contributed by atoms with van der Waals surface area (Å²) in [5.74, 6) is 0.233. The number of aliphatic hydroxyl groups is 1. The normalized spacial score (nSPS) is 12.7. The molecule has 0 bridgehead atoms. The van der Waals surface area contributed by atoms with Gasteiger partial charge >= 0.3 is 0 Å². The Balaban J connectivity index is 2.15. The highest BCUT2D eigenvalue weighted by atomic mass is 127. The van der Waals surface area contributed by atoms with E-state index in [4.69, 9.17) is 0 Å². The van der Waals surface area contributed by atoms with Crippen LogP contribution in [-0.4, -0.2) is 29.1 Å². The monoisotopic (exact) mass is 507 g/mol. The average Bonchev–Trinajstić information content (AvgIpc) is 2.49. The van der Waals surface area contributed by atoms with Gasteiger partial charge in [0.1, 0.15) is 5.75 Å². The van der Waals surface area contributed by atoms with Crippen LogP contribution in [0.1, 0.15) is 11.1 Å². The molecular weight excluding hydrogens is 492 g/mol. The zero-order valence-electron chi connectivity index (χ0n) is 11.2. The van der Waals surface area contributed by atoms with Crippen LogP contribution in [0.4, 0.5) is 0 Å². The van der Waals surface area contributed by atoms with Gasteiger partial charge in [-0.3, -0.25) is 4.99 Å². The second-order valence-corrected chi connectivity index (χ2v) is 7.04. The molecule has 2 N–H and O–H groups in total. The van der Waals surface area contributed by atoms with Gasteiger partial charge in [0.15, 0.2) is 0 Å². The summed E-state index contributed by atoms with van der Waals surface area (Å²) in [5, 5.41) is 19.5. The maximum Gasteiger partial charge on any atom is 0.137 e. The van der Waals surface area contributed by atoms with Gasteiger partial charge in [0.25, 0.3) is 0 Å². The van der Waals surface area contributed by atoms with E-state index in [1.807, 2.05) is 42.5 Å². The molecule has 2 aromatic rings. The molecule has 0 radical (unpaired) electrons. The first kappa shape index (κ1) is 16.7. The Bertz CT molecular complexity index is 630. The van der Waals surface area contributed by atoms with E-state index in [2.05, 4.69) is 50.2 Å². The Morgan fingerprint density at radius 2 is 1.86 bits per heavy atom. The third-order valence-corrected chi connectivity index (χ3v) is 4.45. The first-order valence-electron chi connectivity index (χ1n) is 6.46. The van der Waals surface area contributed by atoms with E-state index in [1.54, 1.807) is 6.21 Å². The fourth-order valence-electron chi connectivity index (χ4n) is 1.92. The Kier molecular flexibility index (Phi) is 6.43. The van der Waals surface area contributed by atoms with Gasteiger partial charge in [0.05, 0.1) is 16.2 Å². The van der Waals surface area contributed by atoms with Gasteiger partial charge < -0.3 is 10.2 Å². The number of benzene rings is 2. The van der Waals surface area contributed by atoms with Crippen LogP contribution in [0.15, 0.2) is 47.5 Å². The van der Waals surface area contributed by atoms with E-state index in [1.165, 1.54) is 0 Å². The Morgan fingerprint density at radius 3 is 2.52 bits per heavy atom. The van der Waals surface area contributed by atoms with Crippen molar-refractivity contribution in [3.05, 3.63) is 60.7 Å². The van der Waals surface area contributed by atoms with Crippen LogP contribution < -0.4 is 0 Å². The van der Waals surface area contributed by atoms with Crippen LogP contribution in [0.3, 0.4) is 0 Å². The van der Waals surface area contributed by atoms with E-state index in [0.717, 1.165) is 12.7 Å². The van der Waals surface area contributed by atoms with Gasteiger partial charge in [-0.15, -0.1) is 0 Å². The first-order chi connectivity index (χ1) is 10.1. The molecule has 0 saturated carbocycles. The number of aromatic hydroxyl groups is 1. The van der Waals surface area contributed by atoms with Crippen molar-refractivity contribution in [3.8, 4) is 5.75 Å². The number of aliphatic imine (C=N–C) groups is 1. The van der Waals surface area contributed by atoms with Crippen molar-refractivity contribution in [1.29, 1.82) is 0 Å². The van der Waals surface area contributed by atoms with Gasteiger partial charge in [0.2, 0.25) is 0 Å². The molecule has 0 amide bonds. The van der Waals surface area contributed by atoms with Crippen molar-refractivity contribution >= 4 is 51.4 Å².